The van der Waals surface area contributed by atoms with Crippen molar-refractivity contribution in [1.29, 1.82) is 0 Å². The van der Waals surface area contributed by atoms with Gasteiger partial charge in [-0.15, -0.1) is 0 Å². The molecule has 3 heteroatoms. The number of nitrogens with one attached hydrogen (secondary N) is 1. The first-order chi connectivity index (χ1) is 5.90. The molecule has 0 amide bonds. The first-order valence-corrected chi connectivity index (χ1v) is 3.78. The lowest BCUT2D eigenvalue weighted by molar-refractivity contribution is 1.05. The third-order valence-corrected chi connectivity index (χ3v) is 1.84. The Kier molecular flexibility index (Phi) is 1.63. The normalized spacial score (nSPS) is 10.1. The summed E-state index contributed by atoms with van der Waals surface area (Å²) < 4.78 is 0. The van der Waals surface area contributed by atoms with Gasteiger partial charge in [0.05, 0.1) is 12.4 Å². The number of hydrogen-bond donors (Lipinski definition) is 1. The highest BCUT2D eigenvalue weighted by atomic mass is 15.1. The zero-order valence-corrected chi connectivity index (χ0v) is 6.78. The number of anilines is 1. The molecule has 0 atom stereocenters. The maximum Gasteiger partial charge on any atom is 0.0575 e. The van der Waals surface area contributed by atoms with Gasteiger partial charge in [-0.25, -0.2) is 0 Å². The predicted molar refractivity (Wildman–Crippen MR) is 49.1 cm³/mol. The van der Waals surface area contributed by atoms with Gasteiger partial charge in [-0.05, 0) is 12.1 Å². The van der Waals surface area contributed by atoms with Crippen molar-refractivity contribution in [3.8, 4) is 0 Å². The van der Waals surface area contributed by atoms with Crippen molar-refractivity contribution in [2.24, 2.45) is 0 Å². The number of rotatable bonds is 1. The van der Waals surface area contributed by atoms with E-state index in [-0.39, 0.29) is 0 Å². The van der Waals surface area contributed by atoms with Crippen molar-refractivity contribution in [1.82, 2.24) is 10.2 Å². The van der Waals surface area contributed by atoms with Crippen molar-refractivity contribution in [2.75, 3.05) is 12.4 Å². The Morgan fingerprint density at radius 2 is 1.83 bits per heavy atom. The molecule has 1 heterocycles. The molecule has 1 aromatic carbocycles. The van der Waals surface area contributed by atoms with Crippen molar-refractivity contribution in [3.63, 3.8) is 0 Å². The van der Waals surface area contributed by atoms with Gasteiger partial charge >= 0.3 is 0 Å². The minimum atomic E-state index is 1.09. The smallest absolute Gasteiger partial charge is 0.0575 e. The molecule has 0 aliphatic carbocycles. The molecule has 60 valence electrons. The van der Waals surface area contributed by atoms with E-state index in [0.717, 1.165) is 16.5 Å². The van der Waals surface area contributed by atoms with Crippen LogP contribution in [0.5, 0.6) is 0 Å². The molecule has 1 aromatic heterocycles. The number of hydrogen-bond acceptors (Lipinski definition) is 3. The molecule has 0 aliphatic heterocycles. The maximum atomic E-state index is 3.81. The summed E-state index contributed by atoms with van der Waals surface area (Å²) in [5.74, 6) is 0. The minimum Gasteiger partial charge on any atom is -0.388 e. The van der Waals surface area contributed by atoms with Gasteiger partial charge in [-0.2, -0.15) is 10.2 Å². The zero-order chi connectivity index (χ0) is 8.39. The van der Waals surface area contributed by atoms with Crippen LogP contribution in [0, 0.1) is 0 Å². The molecule has 1 N–H and O–H groups in total. The standard InChI is InChI=1S/C9H9N3/c1-10-9-3-2-7-5-11-12-6-8(7)4-9/h2-6,10H,1H3. The molecule has 0 radical (unpaired) electrons. The molecule has 2 rings (SSSR count). The number of nitrogens with zero attached hydrogens (tertiary/aromatic N) is 2. The fourth-order valence-corrected chi connectivity index (χ4v) is 1.15. The number of aromatic nitrogens is 2. The summed E-state index contributed by atoms with van der Waals surface area (Å²) in [4.78, 5) is 0. The van der Waals surface area contributed by atoms with Crippen LogP contribution < -0.4 is 5.32 Å². The van der Waals surface area contributed by atoms with E-state index in [1.165, 1.54) is 0 Å². The van der Waals surface area contributed by atoms with Crippen LogP contribution >= 0.6 is 0 Å². The second-order valence-corrected chi connectivity index (χ2v) is 2.58. The highest BCUT2D eigenvalue weighted by Crippen LogP contribution is 2.16. The van der Waals surface area contributed by atoms with Crippen molar-refractivity contribution in [3.05, 3.63) is 30.6 Å². The third kappa shape index (κ3) is 1.09. The predicted octanol–water partition coefficient (Wildman–Crippen LogP) is 1.67. The molecule has 12 heavy (non-hydrogen) atoms. The fourth-order valence-electron chi connectivity index (χ4n) is 1.15. The molecule has 0 bridgehead atoms. The van der Waals surface area contributed by atoms with Crippen LogP contribution in [0.3, 0.4) is 0 Å². The Hall–Kier alpha value is -1.64. The Morgan fingerprint density at radius 1 is 1.08 bits per heavy atom. The van der Waals surface area contributed by atoms with Gasteiger partial charge in [-0.1, -0.05) is 6.07 Å². The van der Waals surface area contributed by atoms with Gasteiger partial charge in [0, 0.05) is 23.5 Å². The average Bonchev–Trinajstić information content (AvgIpc) is 2.17. The molecule has 0 fully saturated rings. The van der Waals surface area contributed by atoms with Crippen LogP contribution in [-0.2, 0) is 0 Å². The van der Waals surface area contributed by atoms with Crippen LogP contribution in [0.4, 0.5) is 5.69 Å². The fraction of sp³-hybridized carbons (Fsp3) is 0.111. The van der Waals surface area contributed by atoms with Crippen LogP contribution in [0.25, 0.3) is 10.8 Å². The lowest BCUT2D eigenvalue weighted by Gasteiger charge is -2.00. The molecule has 3 nitrogen and oxygen atoms in total. The molecular formula is C9H9N3. The molecular weight excluding hydrogens is 150 g/mol. The van der Waals surface area contributed by atoms with E-state index < -0.39 is 0 Å². The lowest BCUT2D eigenvalue weighted by Crippen LogP contribution is -1.87. The van der Waals surface area contributed by atoms with Crippen molar-refractivity contribution >= 4 is 16.5 Å². The maximum absolute atomic E-state index is 3.81. The van der Waals surface area contributed by atoms with Crippen LogP contribution in [0.15, 0.2) is 30.6 Å². The summed E-state index contributed by atoms with van der Waals surface area (Å²) in [6.45, 7) is 0. The van der Waals surface area contributed by atoms with Gasteiger partial charge in [0.15, 0.2) is 0 Å². The Morgan fingerprint density at radius 3 is 2.58 bits per heavy atom. The Balaban J connectivity index is 2.67. The highest BCUT2D eigenvalue weighted by Gasteiger charge is 1.93. The van der Waals surface area contributed by atoms with Gasteiger partial charge in [-0.3, -0.25) is 0 Å². The van der Waals surface area contributed by atoms with Crippen molar-refractivity contribution < 1.29 is 0 Å². The first-order valence-electron chi connectivity index (χ1n) is 3.78. The molecule has 0 spiro atoms. The van der Waals surface area contributed by atoms with Gasteiger partial charge in [0.1, 0.15) is 0 Å². The van der Waals surface area contributed by atoms with Crippen LogP contribution in [-0.4, -0.2) is 17.2 Å². The third-order valence-electron chi connectivity index (χ3n) is 1.84. The summed E-state index contributed by atoms with van der Waals surface area (Å²) in [6.07, 6.45) is 3.52. The number of benzene rings is 1. The van der Waals surface area contributed by atoms with Crippen LogP contribution in [0.1, 0.15) is 0 Å². The summed E-state index contributed by atoms with van der Waals surface area (Å²) in [7, 11) is 1.90. The molecule has 2 aromatic rings. The summed E-state index contributed by atoms with van der Waals surface area (Å²) in [6, 6.07) is 6.09. The van der Waals surface area contributed by atoms with Gasteiger partial charge < -0.3 is 5.32 Å². The Bertz CT molecular complexity index is 398. The SMILES string of the molecule is CNc1ccc2cnncc2c1. The topological polar surface area (TPSA) is 37.8 Å². The quantitative estimate of drug-likeness (QED) is 0.687. The second kappa shape index (κ2) is 2.77. The minimum absolute atomic E-state index is 1.09. The number of fused-ring (bicyclic) bond motifs is 1. The van der Waals surface area contributed by atoms with Gasteiger partial charge in [0.25, 0.3) is 0 Å². The molecule has 0 saturated carbocycles. The summed E-state index contributed by atoms with van der Waals surface area (Å²) >= 11 is 0. The van der Waals surface area contributed by atoms with Crippen molar-refractivity contribution in [2.45, 2.75) is 0 Å². The van der Waals surface area contributed by atoms with Crippen LogP contribution in [0.2, 0.25) is 0 Å². The first kappa shape index (κ1) is 7.03. The monoisotopic (exact) mass is 159 g/mol. The Labute approximate surface area is 70.4 Å². The molecule has 0 saturated heterocycles. The summed E-state index contributed by atoms with van der Waals surface area (Å²) in [5.41, 5.74) is 1.09. The summed E-state index contributed by atoms with van der Waals surface area (Å²) in [5, 5.41) is 12.9. The van der Waals surface area contributed by atoms with E-state index >= 15 is 0 Å². The van der Waals surface area contributed by atoms with E-state index in [0.29, 0.717) is 0 Å². The van der Waals surface area contributed by atoms with E-state index in [4.69, 9.17) is 0 Å². The zero-order valence-electron chi connectivity index (χ0n) is 6.78. The highest BCUT2D eigenvalue weighted by molar-refractivity contribution is 5.83. The average molecular weight is 159 g/mol. The van der Waals surface area contributed by atoms with Gasteiger partial charge in [0.2, 0.25) is 0 Å². The second-order valence-electron chi connectivity index (χ2n) is 2.58. The van der Waals surface area contributed by atoms with E-state index in [1.807, 2.05) is 25.2 Å². The molecule has 0 unspecified atom stereocenters. The van der Waals surface area contributed by atoms with E-state index in [2.05, 4.69) is 15.5 Å². The van der Waals surface area contributed by atoms with E-state index in [9.17, 15) is 0 Å². The lowest BCUT2D eigenvalue weighted by atomic mass is 10.2. The molecule has 0 aliphatic rings. The largest absolute Gasteiger partial charge is 0.388 e. The van der Waals surface area contributed by atoms with E-state index in [1.54, 1.807) is 12.4 Å².